The van der Waals surface area contributed by atoms with E-state index in [-0.39, 0.29) is 17.4 Å². The highest BCUT2D eigenvalue weighted by atomic mass is 16.4. The number of hydrogen-bond acceptors (Lipinski definition) is 3. The summed E-state index contributed by atoms with van der Waals surface area (Å²) in [5.41, 5.74) is 1.22. The number of carboxylic acid groups (broad SMARTS) is 1. The molecule has 1 aliphatic heterocycles. The van der Waals surface area contributed by atoms with E-state index >= 15 is 0 Å². The Labute approximate surface area is 121 Å². The van der Waals surface area contributed by atoms with Crippen LogP contribution in [-0.4, -0.2) is 35.0 Å². The summed E-state index contributed by atoms with van der Waals surface area (Å²) in [5.74, 6) is -1.22. The van der Waals surface area contributed by atoms with Gasteiger partial charge in [0.05, 0.1) is 0 Å². The largest absolute Gasteiger partial charge is 0.475 e. The van der Waals surface area contributed by atoms with Crippen molar-refractivity contribution in [2.24, 2.45) is 0 Å². The van der Waals surface area contributed by atoms with Gasteiger partial charge in [0.25, 0.3) is 5.91 Å². The van der Waals surface area contributed by atoms with Gasteiger partial charge in [-0.3, -0.25) is 4.79 Å². The van der Waals surface area contributed by atoms with Gasteiger partial charge in [-0.1, -0.05) is 30.3 Å². The number of furan rings is 1. The Balaban J connectivity index is 1.70. The van der Waals surface area contributed by atoms with Crippen LogP contribution in [0.25, 0.3) is 0 Å². The molecule has 1 aromatic heterocycles. The predicted molar refractivity (Wildman–Crippen MR) is 75.4 cm³/mol. The zero-order chi connectivity index (χ0) is 14.8. The molecule has 0 radical (unpaired) electrons. The van der Waals surface area contributed by atoms with Crippen molar-refractivity contribution >= 4 is 11.9 Å². The fraction of sp³-hybridized carbons (Fsp3) is 0.250. The van der Waals surface area contributed by atoms with Crippen molar-refractivity contribution in [3.8, 4) is 0 Å². The van der Waals surface area contributed by atoms with E-state index in [1.165, 1.54) is 17.7 Å². The molecule has 2 aromatic rings. The van der Waals surface area contributed by atoms with Crippen molar-refractivity contribution in [1.82, 2.24) is 4.90 Å². The molecule has 1 amide bonds. The molecular formula is C16H15NO4. The Morgan fingerprint density at radius 2 is 1.81 bits per heavy atom. The molecule has 3 rings (SSSR count). The molecule has 1 aliphatic rings. The van der Waals surface area contributed by atoms with Crippen LogP contribution in [0.3, 0.4) is 0 Å². The van der Waals surface area contributed by atoms with Crippen LogP contribution >= 0.6 is 0 Å². The van der Waals surface area contributed by atoms with E-state index in [1.807, 2.05) is 18.2 Å². The highest BCUT2D eigenvalue weighted by molar-refractivity contribution is 5.93. The molecule has 21 heavy (non-hydrogen) atoms. The molecule has 2 heterocycles. The number of likely N-dealkylation sites (tertiary alicyclic amines) is 1. The average Bonchev–Trinajstić information content (AvgIpc) is 3.17. The number of rotatable bonds is 3. The van der Waals surface area contributed by atoms with Gasteiger partial charge in [0.15, 0.2) is 5.76 Å². The maximum atomic E-state index is 12.3. The molecule has 0 saturated carbocycles. The first-order valence-corrected chi connectivity index (χ1v) is 6.82. The molecule has 1 fully saturated rings. The Morgan fingerprint density at radius 3 is 2.48 bits per heavy atom. The van der Waals surface area contributed by atoms with Crippen LogP contribution < -0.4 is 0 Å². The normalized spacial score (nSPS) is 17.9. The van der Waals surface area contributed by atoms with Crippen molar-refractivity contribution in [1.29, 1.82) is 0 Å². The molecule has 0 unspecified atom stereocenters. The van der Waals surface area contributed by atoms with Crippen molar-refractivity contribution in [3.05, 3.63) is 59.5 Å². The van der Waals surface area contributed by atoms with Crippen LogP contribution in [0.4, 0.5) is 0 Å². The Morgan fingerprint density at radius 1 is 1.10 bits per heavy atom. The number of carbonyl (C=O) groups is 2. The van der Waals surface area contributed by atoms with Crippen LogP contribution in [0.1, 0.15) is 39.0 Å². The molecule has 5 nitrogen and oxygen atoms in total. The van der Waals surface area contributed by atoms with Crippen LogP contribution in [-0.2, 0) is 0 Å². The fourth-order valence-electron chi connectivity index (χ4n) is 2.67. The monoisotopic (exact) mass is 285 g/mol. The molecule has 1 aromatic carbocycles. The van der Waals surface area contributed by atoms with Crippen LogP contribution in [0.15, 0.2) is 46.9 Å². The lowest BCUT2D eigenvalue weighted by Gasteiger charge is -2.15. The second kappa shape index (κ2) is 5.44. The second-order valence-corrected chi connectivity index (χ2v) is 5.12. The number of carbonyl (C=O) groups excluding carboxylic acids is 1. The summed E-state index contributed by atoms with van der Waals surface area (Å²) in [7, 11) is 0. The second-order valence-electron chi connectivity index (χ2n) is 5.12. The van der Waals surface area contributed by atoms with E-state index in [9.17, 15) is 9.59 Å². The summed E-state index contributed by atoms with van der Waals surface area (Å²) < 4.78 is 5.07. The first-order chi connectivity index (χ1) is 10.1. The van der Waals surface area contributed by atoms with Gasteiger partial charge in [-0.2, -0.15) is 0 Å². The van der Waals surface area contributed by atoms with Crippen molar-refractivity contribution < 1.29 is 19.1 Å². The molecule has 0 spiro atoms. The van der Waals surface area contributed by atoms with Crippen LogP contribution in [0.2, 0.25) is 0 Å². The third-order valence-corrected chi connectivity index (χ3v) is 3.77. The maximum Gasteiger partial charge on any atom is 0.371 e. The van der Waals surface area contributed by atoms with Gasteiger partial charge in [0, 0.05) is 19.0 Å². The minimum absolute atomic E-state index is 0.0844. The zero-order valence-electron chi connectivity index (χ0n) is 11.4. The van der Waals surface area contributed by atoms with Gasteiger partial charge in [0.2, 0.25) is 5.76 Å². The minimum Gasteiger partial charge on any atom is -0.475 e. The van der Waals surface area contributed by atoms with Crippen LogP contribution in [0, 0.1) is 0 Å². The number of carboxylic acids is 1. The van der Waals surface area contributed by atoms with Gasteiger partial charge < -0.3 is 14.4 Å². The van der Waals surface area contributed by atoms with Crippen molar-refractivity contribution in [3.63, 3.8) is 0 Å². The zero-order valence-corrected chi connectivity index (χ0v) is 11.4. The number of benzene rings is 1. The summed E-state index contributed by atoms with van der Waals surface area (Å²) in [6.45, 7) is 1.29. The SMILES string of the molecule is O=C(O)c1ccc(C(=O)N2CC[C@H](c3ccccc3)C2)o1. The molecule has 0 bridgehead atoms. The molecule has 0 aliphatic carbocycles. The number of nitrogens with zero attached hydrogens (tertiary/aromatic N) is 1. The Kier molecular flexibility index (Phi) is 3.48. The quantitative estimate of drug-likeness (QED) is 0.941. The molecule has 5 heteroatoms. The van der Waals surface area contributed by atoms with Gasteiger partial charge >= 0.3 is 5.97 Å². The summed E-state index contributed by atoms with van der Waals surface area (Å²) in [5, 5.41) is 8.82. The summed E-state index contributed by atoms with van der Waals surface area (Å²) in [4.78, 5) is 24.8. The first kappa shape index (κ1) is 13.4. The predicted octanol–water partition coefficient (Wildman–Crippen LogP) is 2.61. The molecular weight excluding hydrogens is 270 g/mol. The smallest absolute Gasteiger partial charge is 0.371 e. The average molecular weight is 285 g/mol. The molecule has 1 N–H and O–H groups in total. The minimum atomic E-state index is -1.17. The molecule has 108 valence electrons. The van der Waals surface area contributed by atoms with Gasteiger partial charge in [-0.05, 0) is 24.1 Å². The lowest BCUT2D eigenvalue weighted by molar-refractivity contribution is 0.0653. The third kappa shape index (κ3) is 2.67. The lowest BCUT2D eigenvalue weighted by atomic mass is 9.99. The highest BCUT2D eigenvalue weighted by Gasteiger charge is 2.29. The third-order valence-electron chi connectivity index (χ3n) is 3.77. The number of hydrogen-bond donors (Lipinski definition) is 1. The molecule has 1 atom stereocenters. The summed E-state index contributed by atoms with van der Waals surface area (Å²) >= 11 is 0. The van der Waals surface area contributed by atoms with Gasteiger partial charge in [0.1, 0.15) is 0 Å². The van der Waals surface area contributed by atoms with Crippen LogP contribution in [0.5, 0.6) is 0 Å². The van der Waals surface area contributed by atoms with Crippen molar-refractivity contribution in [2.45, 2.75) is 12.3 Å². The number of aromatic carboxylic acids is 1. The van der Waals surface area contributed by atoms with Gasteiger partial charge in [-0.25, -0.2) is 4.79 Å². The van der Waals surface area contributed by atoms with E-state index in [0.717, 1.165) is 6.42 Å². The Hall–Kier alpha value is -2.56. The fourth-order valence-corrected chi connectivity index (χ4v) is 2.67. The number of amides is 1. The highest BCUT2D eigenvalue weighted by Crippen LogP contribution is 2.28. The first-order valence-electron chi connectivity index (χ1n) is 6.82. The van der Waals surface area contributed by atoms with E-state index in [0.29, 0.717) is 19.0 Å². The van der Waals surface area contributed by atoms with E-state index in [4.69, 9.17) is 9.52 Å². The maximum absolute atomic E-state index is 12.3. The standard InChI is InChI=1S/C16H15NO4/c18-15(13-6-7-14(21-13)16(19)20)17-9-8-12(10-17)11-4-2-1-3-5-11/h1-7,12H,8-10H2,(H,19,20)/t12-/m0/s1. The lowest BCUT2D eigenvalue weighted by Crippen LogP contribution is -2.28. The summed E-state index contributed by atoms with van der Waals surface area (Å²) in [6, 6.07) is 12.8. The van der Waals surface area contributed by atoms with E-state index in [1.54, 1.807) is 4.90 Å². The summed E-state index contributed by atoms with van der Waals surface area (Å²) in [6.07, 6.45) is 0.905. The van der Waals surface area contributed by atoms with E-state index in [2.05, 4.69) is 12.1 Å². The van der Waals surface area contributed by atoms with E-state index < -0.39 is 5.97 Å². The molecule has 1 saturated heterocycles. The van der Waals surface area contributed by atoms with Gasteiger partial charge in [-0.15, -0.1) is 0 Å². The topological polar surface area (TPSA) is 70.8 Å². The Bertz CT molecular complexity index is 662. The van der Waals surface area contributed by atoms with Crippen molar-refractivity contribution in [2.75, 3.05) is 13.1 Å².